The molecule has 8 nitrogen and oxygen atoms in total. The summed E-state index contributed by atoms with van der Waals surface area (Å²) in [4.78, 5) is 24.2. The van der Waals surface area contributed by atoms with Gasteiger partial charge in [-0.1, -0.05) is 12.1 Å². The molecular formula is C22H25N5O3. The van der Waals surface area contributed by atoms with E-state index < -0.39 is 0 Å². The van der Waals surface area contributed by atoms with Crippen molar-refractivity contribution in [1.29, 1.82) is 0 Å². The molecule has 8 heteroatoms. The fourth-order valence-corrected chi connectivity index (χ4v) is 4.14. The number of benzene rings is 1. The van der Waals surface area contributed by atoms with Crippen LogP contribution < -0.4 is 15.8 Å². The Morgan fingerprint density at radius 2 is 2.07 bits per heavy atom. The molecule has 0 bridgehead atoms. The third-order valence-corrected chi connectivity index (χ3v) is 5.86. The van der Waals surface area contributed by atoms with Crippen molar-refractivity contribution in [2.24, 2.45) is 7.05 Å². The van der Waals surface area contributed by atoms with E-state index in [1.807, 2.05) is 18.2 Å². The molecule has 2 N–H and O–H groups in total. The van der Waals surface area contributed by atoms with Gasteiger partial charge in [0.15, 0.2) is 0 Å². The number of aliphatic hydroxyl groups is 1. The summed E-state index contributed by atoms with van der Waals surface area (Å²) < 4.78 is 6.94. The number of fused-ring (bicyclic) bond motifs is 1. The maximum Gasteiger partial charge on any atom is 0.264 e. The van der Waals surface area contributed by atoms with E-state index in [4.69, 9.17) is 9.72 Å². The summed E-state index contributed by atoms with van der Waals surface area (Å²) in [5.41, 5.74) is 3.30. The van der Waals surface area contributed by atoms with Crippen LogP contribution in [0.5, 0.6) is 0 Å². The zero-order valence-electron chi connectivity index (χ0n) is 16.9. The first-order valence-corrected chi connectivity index (χ1v) is 10.3. The van der Waals surface area contributed by atoms with E-state index in [1.54, 1.807) is 13.4 Å². The number of nitrogens with zero attached hydrogens (tertiary/aromatic N) is 4. The Balaban J connectivity index is 1.54. The van der Waals surface area contributed by atoms with Gasteiger partial charge >= 0.3 is 0 Å². The predicted octanol–water partition coefficient (Wildman–Crippen LogP) is 1.77. The average molecular weight is 407 g/mol. The van der Waals surface area contributed by atoms with Crippen LogP contribution in [0.2, 0.25) is 0 Å². The highest BCUT2D eigenvalue weighted by molar-refractivity contribution is 5.91. The smallest absolute Gasteiger partial charge is 0.264 e. The fourth-order valence-electron chi connectivity index (χ4n) is 4.14. The molecular weight excluding hydrogens is 382 g/mol. The summed E-state index contributed by atoms with van der Waals surface area (Å²) in [6, 6.07) is 10.1. The lowest BCUT2D eigenvalue weighted by atomic mass is 10.1. The quantitative estimate of drug-likeness (QED) is 0.681. The van der Waals surface area contributed by atoms with Gasteiger partial charge in [-0.15, -0.1) is 0 Å². The first-order chi connectivity index (χ1) is 14.6. The Hall–Kier alpha value is -2.97. The summed E-state index contributed by atoms with van der Waals surface area (Å²) in [6.45, 7) is 2.83. The molecule has 4 heterocycles. The van der Waals surface area contributed by atoms with Crippen LogP contribution in [0.3, 0.4) is 0 Å². The van der Waals surface area contributed by atoms with E-state index in [9.17, 15) is 9.90 Å². The molecule has 0 radical (unpaired) electrons. The lowest BCUT2D eigenvalue weighted by Gasteiger charge is -2.18. The molecule has 2 aliphatic rings. The van der Waals surface area contributed by atoms with Gasteiger partial charge in [-0.3, -0.25) is 4.79 Å². The molecule has 0 saturated carbocycles. The first-order valence-electron chi connectivity index (χ1n) is 10.3. The largest absolute Gasteiger partial charge is 0.391 e. The summed E-state index contributed by atoms with van der Waals surface area (Å²) in [5, 5.41) is 13.7. The van der Waals surface area contributed by atoms with E-state index in [0.717, 1.165) is 36.3 Å². The Morgan fingerprint density at radius 3 is 2.77 bits per heavy atom. The zero-order valence-corrected chi connectivity index (χ0v) is 16.9. The highest BCUT2D eigenvalue weighted by Gasteiger charge is 2.21. The van der Waals surface area contributed by atoms with Crippen LogP contribution in [-0.4, -0.2) is 58.1 Å². The third kappa shape index (κ3) is 3.53. The van der Waals surface area contributed by atoms with Crippen molar-refractivity contribution in [2.45, 2.75) is 25.0 Å². The SMILES string of the molecule is Cn1cnc2cc(-c3ccc(N4CC[C@H](O)C4)cc3)nc(N[C@@H]3CCOC3)c2c1=O. The molecule has 1 aromatic carbocycles. The maximum atomic E-state index is 12.8. The molecule has 2 aromatic heterocycles. The normalized spacial score (nSPS) is 21.5. The molecule has 0 unspecified atom stereocenters. The minimum atomic E-state index is -0.256. The molecule has 30 heavy (non-hydrogen) atoms. The van der Waals surface area contributed by atoms with Gasteiger partial charge in [-0.05, 0) is 31.0 Å². The van der Waals surface area contributed by atoms with Crippen molar-refractivity contribution < 1.29 is 9.84 Å². The second-order valence-electron chi connectivity index (χ2n) is 8.05. The van der Waals surface area contributed by atoms with Crippen LogP contribution in [0.25, 0.3) is 22.2 Å². The molecule has 156 valence electrons. The van der Waals surface area contributed by atoms with Crippen LogP contribution in [-0.2, 0) is 11.8 Å². The van der Waals surface area contributed by atoms with Crippen LogP contribution in [0.15, 0.2) is 41.5 Å². The van der Waals surface area contributed by atoms with E-state index in [2.05, 4.69) is 27.3 Å². The van der Waals surface area contributed by atoms with Gasteiger partial charge in [0, 0.05) is 38.0 Å². The molecule has 2 fully saturated rings. The molecule has 0 amide bonds. The van der Waals surface area contributed by atoms with Crippen molar-refractivity contribution in [3.05, 3.63) is 47.0 Å². The number of ether oxygens (including phenoxy) is 1. The zero-order chi connectivity index (χ0) is 20.7. The van der Waals surface area contributed by atoms with Crippen LogP contribution in [0, 0.1) is 0 Å². The second kappa shape index (κ2) is 7.70. The standard InChI is InChI=1S/C22H25N5O3/c1-26-13-23-19-10-18(14-2-4-16(5-3-14)27-8-6-17(28)11-27)25-21(20(19)22(26)29)24-15-7-9-30-12-15/h2-5,10,13,15,17,28H,6-9,11-12H2,1H3,(H,24,25)/t15-,17+/m1/s1. The molecule has 2 aliphatic heterocycles. The maximum absolute atomic E-state index is 12.8. The minimum Gasteiger partial charge on any atom is -0.391 e. The topological polar surface area (TPSA) is 92.5 Å². The third-order valence-electron chi connectivity index (χ3n) is 5.86. The number of aliphatic hydroxyl groups excluding tert-OH is 1. The predicted molar refractivity (Wildman–Crippen MR) is 116 cm³/mol. The van der Waals surface area contributed by atoms with Crippen LogP contribution in [0.4, 0.5) is 11.5 Å². The first kappa shape index (κ1) is 19.0. The van der Waals surface area contributed by atoms with Gasteiger partial charge in [-0.2, -0.15) is 0 Å². The van der Waals surface area contributed by atoms with E-state index in [-0.39, 0.29) is 17.7 Å². The highest BCUT2D eigenvalue weighted by atomic mass is 16.5. The van der Waals surface area contributed by atoms with E-state index in [1.165, 1.54) is 4.57 Å². The van der Waals surface area contributed by atoms with Gasteiger partial charge in [0.2, 0.25) is 0 Å². The number of pyridine rings is 1. The number of aryl methyl sites for hydroxylation is 1. The van der Waals surface area contributed by atoms with Crippen molar-refractivity contribution in [2.75, 3.05) is 36.5 Å². The molecule has 0 spiro atoms. The number of hydrogen-bond donors (Lipinski definition) is 2. The highest BCUT2D eigenvalue weighted by Crippen LogP contribution is 2.28. The van der Waals surface area contributed by atoms with E-state index >= 15 is 0 Å². The molecule has 0 aliphatic carbocycles. The number of aromatic nitrogens is 3. The molecule has 5 rings (SSSR count). The lowest BCUT2D eigenvalue weighted by Crippen LogP contribution is -2.24. The van der Waals surface area contributed by atoms with Gasteiger partial charge in [0.25, 0.3) is 5.56 Å². The van der Waals surface area contributed by atoms with E-state index in [0.29, 0.717) is 36.5 Å². The fraction of sp³-hybridized carbons (Fsp3) is 0.409. The lowest BCUT2D eigenvalue weighted by molar-refractivity contribution is 0.195. The summed E-state index contributed by atoms with van der Waals surface area (Å²) in [6.07, 6.45) is 2.96. The molecule has 2 saturated heterocycles. The molecule has 3 aromatic rings. The van der Waals surface area contributed by atoms with Gasteiger partial charge in [0.1, 0.15) is 11.2 Å². The average Bonchev–Trinajstić information content (AvgIpc) is 3.42. The van der Waals surface area contributed by atoms with Gasteiger partial charge in [-0.25, -0.2) is 9.97 Å². The van der Waals surface area contributed by atoms with Crippen molar-refractivity contribution in [3.8, 4) is 11.3 Å². The Labute approximate surface area is 174 Å². The monoisotopic (exact) mass is 407 g/mol. The van der Waals surface area contributed by atoms with Gasteiger partial charge < -0.3 is 24.6 Å². The molecule has 2 atom stereocenters. The van der Waals surface area contributed by atoms with Gasteiger partial charge in [0.05, 0.1) is 36.3 Å². The van der Waals surface area contributed by atoms with Crippen molar-refractivity contribution in [3.63, 3.8) is 0 Å². The minimum absolute atomic E-state index is 0.122. The van der Waals surface area contributed by atoms with Crippen molar-refractivity contribution in [1.82, 2.24) is 14.5 Å². The van der Waals surface area contributed by atoms with Crippen molar-refractivity contribution >= 4 is 22.4 Å². The summed E-state index contributed by atoms with van der Waals surface area (Å²) >= 11 is 0. The van der Waals surface area contributed by atoms with Crippen LogP contribution >= 0.6 is 0 Å². The Morgan fingerprint density at radius 1 is 1.23 bits per heavy atom. The summed E-state index contributed by atoms with van der Waals surface area (Å²) in [7, 11) is 1.69. The van der Waals surface area contributed by atoms with Crippen LogP contribution in [0.1, 0.15) is 12.8 Å². The number of nitrogens with one attached hydrogen (secondary N) is 1. The number of rotatable bonds is 4. The number of anilines is 2. The Bertz CT molecular complexity index is 1120. The second-order valence-corrected chi connectivity index (χ2v) is 8.05. The number of β-amino-alcohol motifs (C(OH)–C–C–N with tert-alkyl or cyclic N) is 1. The summed E-state index contributed by atoms with van der Waals surface area (Å²) in [5.74, 6) is 0.554. The Kier molecular flexibility index (Phi) is 4.88. The number of hydrogen-bond acceptors (Lipinski definition) is 7.